The van der Waals surface area contributed by atoms with Gasteiger partial charge in [-0.15, -0.1) is 0 Å². The Kier molecular flexibility index (Phi) is 6.99. The van der Waals surface area contributed by atoms with E-state index in [1.807, 2.05) is 19.6 Å². The smallest absolute Gasteiger partial charge is 0.192 e. The average molecular weight is 595 g/mol. The van der Waals surface area contributed by atoms with Gasteiger partial charge in [-0.05, 0) is 12.1 Å². The molecule has 0 heterocycles. The highest BCUT2D eigenvalue weighted by molar-refractivity contribution is 6.88. The summed E-state index contributed by atoms with van der Waals surface area (Å²) in [4.78, 5) is 0. The summed E-state index contributed by atoms with van der Waals surface area (Å²) in [5, 5.41) is 0.645. The number of halogens is 14. The van der Waals surface area contributed by atoms with Gasteiger partial charge in [0.05, 0.1) is 8.07 Å². The molecule has 1 rings (SSSR count). The van der Waals surface area contributed by atoms with E-state index in [4.69, 9.17) is 0 Å². The lowest BCUT2D eigenvalue weighted by Crippen LogP contribution is -3.68. The third kappa shape index (κ3) is 4.41. The molecule has 0 fully saturated rings. The quantitative estimate of drug-likeness (QED) is 0.197. The third-order valence-electron chi connectivity index (χ3n) is 3.83. The molecule has 0 aliphatic rings. The molecule has 0 saturated heterocycles. The first-order valence-corrected chi connectivity index (χ1v) is 13.3. The molecule has 0 N–H and O–H groups in total. The minimum Gasteiger partial charge on any atom is -0.192 e. The first-order chi connectivity index (χ1) is 12.9. The fourth-order valence-electron chi connectivity index (χ4n) is 1.96. The van der Waals surface area contributed by atoms with E-state index in [9.17, 15) is 57.1 Å². The van der Waals surface area contributed by atoms with Gasteiger partial charge in [-0.1, -0.05) is 37.0 Å². The summed E-state index contributed by atoms with van der Waals surface area (Å²) in [7, 11) is -1.98. The molecule has 0 aliphatic heterocycles. The highest BCUT2D eigenvalue weighted by Gasteiger charge is 2.93. The summed E-state index contributed by atoms with van der Waals surface area (Å²) in [5.41, 5.74) is 0. The Bertz CT molecular complexity index is 747. The van der Waals surface area contributed by atoms with Crippen molar-refractivity contribution >= 4 is 13.3 Å². The molecule has 0 spiro atoms. The lowest BCUT2D eigenvalue weighted by molar-refractivity contribution is -0.790. The second-order valence-electron chi connectivity index (χ2n) is 7.14. The van der Waals surface area contributed by atoms with Gasteiger partial charge in [0.15, 0.2) is 3.57 Å². The predicted octanol–water partition coefficient (Wildman–Crippen LogP) is 3.19. The molecule has 15 heteroatoms. The van der Waals surface area contributed by atoms with Gasteiger partial charge >= 0.3 is 55.0 Å². The number of hydrogen-bond donors (Lipinski definition) is 0. The molecule has 30 heavy (non-hydrogen) atoms. The van der Waals surface area contributed by atoms with E-state index in [1.165, 1.54) is 12.1 Å². The molecule has 0 unspecified atom stereocenters. The zero-order valence-corrected chi connectivity index (χ0v) is 18.3. The van der Waals surface area contributed by atoms with E-state index in [0.717, 1.165) is 12.1 Å². The first-order valence-electron chi connectivity index (χ1n) is 7.66. The zero-order chi connectivity index (χ0) is 24.2. The predicted molar refractivity (Wildman–Crippen MR) is 78.9 cm³/mol. The molecule has 0 amide bonds. The summed E-state index contributed by atoms with van der Waals surface area (Å²) in [6.07, 6.45) is -7.40. The van der Waals surface area contributed by atoms with Crippen molar-refractivity contribution in [3.8, 4) is 0 Å². The number of rotatable bonds is 7. The fraction of sp³-hybridized carbons (Fsp3) is 0.600. The SMILES string of the molecule is C[Si](C)(C)c1ccc([I+]C(F)(F)C(F)(F)C(F)(F)C(F)(F)C(F)(F)C(F)(F)F)cc1. The molecule has 174 valence electrons. The minimum atomic E-state index is -7.85. The normalized spacial score (nSPS) is 15.5. The maximum Gasteiger partial charge on any atom is 0.516 e. The maximum atomic E-state index is 13.9. The van der Waals surface area contributed by atoms with E-state index in [0.29, 0.717) is 5.19 Å². The van der Waals surface area contributed by atoms with Crippen molar-refractivity contribution in [1.82, 2.24) is 0 Å². The Morgan fingerprint density at radius 3 is 1.27 bits per heavy atom. The van der Waals surface area contributed by atoms with Crippen LogP contribution in [-0.4, -0.2) is 41.9 Å². The van der Waals surface area contributed by atoms with Crippen molar-refractivity contribution in [2.75, 3.05) is 0 Å². The van der Waals surface area contributed by atoms with Gasteiger partial charge in [-0.3, -0.25) is 0 Å². The van der Waals surface area contributed by atoms with Crippen molar-refractivity contribution in [3.05, 3.63) is 27.8 Å². The van der Waals surface area contributed by atoms with Gasteiger partial charge < -0.3 is 0 Å². The van der Waals surface area contributed by atoms with Crippen LogP contribution in [0, 0.1) is 3.57 Å². The number of alkyl halides is 14. The molecule has 0 nitrogen and oxygen atoms in total. The molecule has 0 atom stereocenters. The van der Waals surface area contributed by atoms with Gasteiger partial charge in [-0.2, -0.15) is 57.1 Å². The maximum absolute atomic E-state index is 13.9. The Morgan fingerprint density at radius 2 is 0.933 bits per heavy atom. The molecule has 0 aliphatic carbocycles. The molecule has 0 radical (unpaired) electrons. The summed E-state index contributed by atoms with van der Waals surface area (Å²) in [5.74, 6) is -30.5. The second kappa shape index (κ2) is 7.69. The third-order valence-corrected chi connectivity index (χ3v) is 8.60. The average Bonchev–Trinajstić information content (AvgIpc) is 2.52. The van der Waals surface area contributed by atoms with Crippen molar-refractivity contribution in [3.63, 3.8) is 0 Å². The van der Waals surface area contributed by atoms with Crippen molar-refractivity contribution in [2.45, 2.75) is 53.4 Å². The minimum absolute atomic E-state index is 0.637. The van der Waals surface area contributed by atoms with Crippen LogP contribution in [-0.2, 0) is 0 Å². The Morgan fingerprint density at radius 1 is 0.567 bits per heavy atom. The van der Waals surface area contributed by atoms with Crippen LogP contribution in [0.15, 0.2) is 24.3 Å². The van der Waals surface area contributed by atoms with E-state index in [2.05, 4.69) is 0 Å². The van der Waals surface area contributed by atoms with E-state index in [1.54, 1.807) is 0 Å². The molecular weight excluding hydrogens is 582 g/mol. The van der Waals surface area contributed by atoms with Crippen molar-refractivity contribution < 1.29 is 78.3 Å². The van der Waals surface area contributed by atoms with E-state index < -0.39 is 66.6 Å². The van der Waals surface area contributed by atoms with Crippen LogP contribution in [0.3, 0.4) is 0 Å². The highest BCUT2D eigenvalue weighted by atomic mass is 127. The van der Waals surface area contributed by atoms with Crippen LogP contribution in [0.5, 0.6) is 0 Å². The van der Waals surface area contributed by atoms with Crippen LogP contribution >= 0.6 is 0 Å². The van der Waals surface area contributed by atoms with E-state index in [-0.39, 0.29) is 0 Å². The van der Waals surface area contributed by atoms with Gasteiger partial charge in [0.1, 0.15) is 0 Å². The molecule has 0 bridgehead atoms. The largest absolute Gasteiger partial charge is 0.516 e. The van der Waals surface area contributed by atoms with Gasteiger partial charge in [0.2, 0.25) is 0 Å². The zero-order valence-electron chi connectivity index (χ0n) is 15.1. The summed E-state index contributed by atoms with van der Waals surface area (Å²) in [6.45, 7) is 5.47. The lowest BCUT2D eigenvalue weighted by Gasteiger charge is -2.36. The fourth-order valence-corrected chi connectivity index (χ4v) is 5.31. The molecule has 0 aromatic heterocycles. The Balaban J connectivity index is 3.35. The summed E-state index contributed by atoms with van der Waals surface area (Å²) < 4.78 is 164. The van der Waals surface area contributed by atoms with Gasteiger partial charge in [0, 0.05) is 0 Å². The topological polar surface area (TPSA) is 0 Å². The monoisotopic (exact) mass is 595 g/mol. The van der Waals surface area contributed by atoms with E-state index >= 15 is 0 Å². The van der Waals surface area contributed by atoms with Crippen molar-refractivity contribution in [1.29, 1.82) is 0 Å². The molecular formula is C15H13F13ISi+. The Hall–Kier alpha value is -0.743. The van der Waals surface area contributed by atoms with Crippen LogP contribution in [0.2, 0.25) is 19.6 Å². The van der Waals surface area contributed by atoms with Gasteiger partial charge in [-0.25, -0.2) is 0 Å². The second-order valence-corrected chi connectivity index (χ2v) is 15.4. The summed E-state index contributed by atoms with van der Waals surface area (Å²) >= 11 is -3.55. The van der Waals surface area contributed by atoms with Crippen LogP contribution in [0.25, 0.3) is 0 Å². The molecule has 1 aromatic rings. The molecule has 0 saturated carbocycles. The Labute approximate surface area is 173 Å². The highest BCUT2D eigenvalue weighted by Crippen LogP contribution is 2.59. The standard InChI is InChI=1S/C15H13F13ISi/c1-30(2,3)9-6-4-8(5-7-9)29-15(27,28)13(22,23)11(18,19)10(16,17)12(20,21)14(24,25)26/h4-7H,1-3H3/q+1. The van der Waals surface area contributed by atoms with Crippen LogP contribution in [0.4, 0.5) is 57.1 Å². The number of benzene rings is 1. The lowest BCUT2D eigenvalue weighted by atomic mass is 9.98. The molecule has 1 aromatic carbocycles. The summed E-state index contributed by atoms with van der Waals surface area (Å²) in [6, 6.07) is 4.21. The first kappa shape index (κ1) is 27.3. The van der Waals surface area contributed by atoms with Crippen molar-refractivity contribution in [2.24, 2.45) is 0 Å². The van der Waals surface area contributed by atoms with Crippen LogP contribution < -0.4 is 26.4 Å². The van der Waals surface area contributed by atoms with Gasteiger partial charge in [0.25, 0.3) is 0 Å². The number of hydrogen-bond acceptors (Lipinski definition) is 0. The van der Waals surface area contributed by atoms with Crippen LogP contribution in [0.1, 0.15) is 0 Å².